The summed E-state index contributed by atoms with van der Waals surface area (Å²) in [7, 11) is 0. The maximum absolute atomic E-state index is 3.75. The van der Waals surface area contributed by atoms with Crippen molar-refractivity contribution in [2.45, 2.75) is 58.4 Å². The van der Waals surface area contributed by atoms with Gasteiger partial charge in [-0.25, -0.2) is 0 Å². The molecule has 1 heteroatoms. The lowest BCUT2D eigenvalue weighted by atomic mass is 9.87. The topological polar surface area (TPSA) is 12.0 Å². The summed E-state index contributed by atoms with van der Waals surface area (Å²) in [5, 5.41) is 3.75. The van der Waals surface area contributed by atoms with E-state index in [9.17, 15) is 0 Å². The summed E-state index contributed by atoms with van der Waals surface area (Å²) < 4.78 is 0. The van der Waals surface area contributed by atoms with Crippen molar-refractivity contribution in [2.75, 3.05) is 6.54 Å². The highest BCUT2D eigenvalue weighted by atomic mass is 15.0. The third-order valence-electron chi connectivity index (χ3n) is 3.83. The second-order valence-electron chi connectivity index (χ2n) is 5.97. The van der Waals surface area contributed by atoms with Crippen molar-refractivity contribution < 1.29 is 0 Å². The van der Waals surface area contributed by atoms with Crippen LogP contribution >= 0.6 is 0 Å². The zero-order valence-electron chi connectivity index (χ0n) is 11.5. The van der Waals surface area contributed by atoms with Gasteiger partial charge in [-0.2, -0.15) is 0 Å². The van der Waals surface area contributed by atoms with E-state index in [0.29, 0.717) is 5.54 Å². The summed E-state index contributed by atoms with van der Waals surface area (Å²) in [6.45, 7) is 7.95. The molecule has 1 saturated heterocycles. The highest BCUT2D eigenvalue weighted by Gasteiger charge is 2.25. The smallest absolute Gasteiger partial charge is 0.0193 e. The van der Waals surface area contributed by atoms with Crippen molar-refractivity contribution in [1.29, 1.82) is 0 Å². The predicted molar refractivity (Wildman–Crippen MR) is 74.5 cm³/mol. The van der Waals surface area contributed by atoms with Crippen LogP contribution in [0.25, 0.3) is 0 Å². The maximum atomic E-state index is 3.75. The number of hydrogen-bond acceptors (Lipinski definition) is 1. The first-order chi connectivity index (χ1) is 8.07. The van der Waals surface area contributed by atoms with Gasteiger partial charge in [0.1, 0.15) is 0 Å². The zero-order valence-corrected chi connectivity index (χ0v) is 11.5. The molecule has 0 aromatic heterocycles. The van der Waals surface area contributed by atoms with Gasteiger partial charge in [0.2, 0.25) is 0 Å². The molecular weight excluding hydrogens is 206 g/mol. The molecule has 1 aromatic carbocycles. The van der Waals surface area contributed by atoms with Crippen LogP contribution in [-0.2, 0) is 6.42 Å². The minimum Gasteiger partial charge on any atom is -0.311 e. The first-order valence-corrected chi connectivity index (χ1v) is 6.90. The van der Waals surface area contributed by atoms with E-state index in [1.165, 1.54) is 48.9 Å². The Labute approximate surface area is 106 Å². The van der Waals surface area contributed by atoms with E-state index in [4.69, 9.17) is 0 Å². The average Bonchev–Trinajstić information content (AvgIpc) is 2.41. The standard InChI is InChI=1S/C16H25N/c1-13-9-14(2)11-15(10-13)12-16(3)7-5-4-6-8-17-16/h9-11,17H,4-8,12H2,1-3H3. The third kappa shape index (κ3) is 3.57. The minimum absolute atomic E-state index is 0.302. The Morgan fingerprint density at radius 1 is 1.06 bits per heavy atom. The molecule has 2 rings (SSSR count). The van der Waals surface area contributed by atoms with Gasteiger partial charge >= 0.3 is 0 Å². The van der Waals surface area contributed by atoms with Gasteiger partial charge in [-0.05, 0) is 52.1 Å². The van der Waals surface area contributed by atoms with E-state index in [0.717, 1.165) is 6.42 Å². The van der Waals surface area contributed by atoms with E-state index in [1.807, 2.05) is 0 Å². The van der Waals surface area contributed by atoms with Crippen molar-refractivity contribution in [3.63, 3.8) is 0 Å². The summed E-state index contributed by atoms with van der Waals surface area (Å²) in [6.07, 6.45) is 6.56. The molecular formula is C16H25N. The molecule has 0 radical (unpaired) electrons. The first kappa shape index (κ1) is 12.6. The van der Waals surface area contributed by atoms with Crippen LogP contribution in [0.3, 0.4) is 0 Å². The van der Waals surface area contributed by atoms with E-state index in [1.54, 1.807) is 0 Å². The number of hydrogen-bond donors (Lipinski definition) is 1. The van der Waals surface area contributed by atoms with Crippen LogP contribution in [0.1, 0.15) is 49.3 Å². The van der Waals surface area contributed by atoms with E-state index in [-0.39, 0.29) is 0 Å². The molecule has 1 fully saturated rings. The third-order valence-corrected chi connectivity index (χ3v) is 3.83. The van der Waals surface area contributed by atoms with Crippen LogP contribution in [-0.4, -0.2) is 12.1 Å². The predicted octanol–water partition coefficient (Wildman–Crippen LogP) is 3.77. The molecule has 1 atom stereocenters. The largest absolute Gasteiger partial charge is 0.311 e. The molecule has 0 saturated carbocycles. The van der Waals surface area contributed by atoms with Crippen LogP contribution in [0.4, 0.5) is 0 Å². The fourth-order valence-electron chi connectivity index (χ4n) is 3.07. The Bertz CT molecular complexity index is 353. The summed E-state index contributed by atoms with van der Waals surface area (Å²) in [5.74, 6) is 0. The number of nitrogens with one attached hydrogen (secondary N) is 1. The molecule has 1 nitrogen and oxygen atoms in total. The lowest BCUT2D eigenvalue weighted by Crippen LogP contribution is -2.43. The molecule has 1 N–H and O–H groups in total. The van der Waals surface area contributed by atoms with Gasteiger partial charge < -0.3 is 5.32 Å². The van der Waals surface area contributed by atoms with Crippen molar-refractivity contribution in [3.05, 3.63) is 34.9 Å². The lowest BCUT2D eigenvalue weighted by Gasteiger charge is -2.30. The second-order valence-corrected chi connectivity index (χ2v) is 5.97. The summed E-state index contributed by atoms with van der Waals surface area (Å²) in [5.41, 5.74) is 4.56. The molecule has 0 amide bonds. The highest BCUT2D eigenvalue weighted by molar-refractivity contribution is 5.29. The summed E-state index contributed by atoms with van der Waals surface area (Å²) in [6, 6.07) is 6.93. The SMILES string of the molecule is Cc1cc(C)cc(CC2(C)CCCCCN2)c1. The molecule has 1 unspecified atom stereocenters. The fourth-order valence-corrected chi connectivity index (χ4v) is 3.07. The fraction of sp³-hybridized carbons (Fsp3) is 0.625. The van der Waals surface area contributed by atoms with E-state index < -0.39 is 0 Å². The second kappa shape index (κ2) is 5.22. The molecule has 17 heavy (non-hydrogen) atoms. The maximum Gasteiger partial charge on any atom is 0.0193 e. The Kier molecular flexibility index (Phi) is 3.88. The normalized spacial score (nSPS) is 25.6. The van der Waals surface area contributed by atoms with Gasteiger partial charge in [0.05, 0.1) is 0 Å². The van der Waals surface area contributed by atoms with Gasteiger partial charge in [-0.1, -0.05) is 42.2 Å². The van der Waals surface area contributed by atoms with Gasteiger partial charge in [-0.3, -0.25) is 0 Å². The van der Waals surface area contributed by atoms with E-state index in [2.05, 4.69) is 44.3 Å². The monoisotopic (exact) mass is 231 g/mol. The van der Waals surface area contributed by atoms with Crippen LogP contribution in [0.5, 0.6) is 0 Å². The molecule has 0 aliphatic carbocycles. The molecule has 1 aromatic rings. The quantitative estimate of drug-likeness (QED) is 0.817. The Balaban J connectivity index is 2.12. The molecule has 0 bridgehead atoms. The van der Waals surface area contributed by atoms with Gasteiger partial charge in [0.25, 0.3) is 0 Å². The summed E-state index contributed by atoms with van der Waals surface area (Å²) in [4.78, 5) is 0. The summed E-state index contributed by atoms with van der Waals surface area (Å²) >= 11 is 0. The van der Waals surface area contributed by atoms with Crippen LogP contribution in [0.15, 0.2) is 18.2 Å². The minimum atomic E-state index is 0.302. The van der Waals surface area contributed by atoms with Crippen molar-refractivity contribution in [1.82, 2.24) is 5.32 Å². The highest BCUT2D eigenvalue weighted by Crippen LogP contribution is 2.24. The van der Waals surface area contributed by atoms with Crippen LogP contribution in [0.2, 0.25) is 0 Å². The van der Waals surface area contributed by atoms with Crippen LogP contribution < -0.4 is 5.32 Å². The van der Waals surface area contributed by atoms with Crippen molar-refractivity contribution >= 4 is 0 Å². The van der Waals surface area contributed by atoms with Gasteiger partial charge in [-0.15, -0.1) is 0 Å². The van der Waals surface area contributed by atoms with Crippen molar-refractivity contribution in [3.8, 4) is 0 Å². The van der Waals surface area contributed by atoms with Gasteiger partial charge in [0, 0.05) is 5.54 Å². The molecule has 1 aliphatic rings. The zero-order chi connectivity index (χ0) is 12.3. The van der Waals surface area contributed by atoms with Crippen molar-refractivity contribution in [2.24, 2.45) is 0 Å². The lowest BCUT2D eigenvalue weighted by molar-refractivity contribution is 0.345. The Morgan fingerprint density at radius 3 is 2.47 bits per heavy atom. The Morgan fingerprint density at radius 2 is 1.76 bits per heavy atom. The average molecular weight is 231 g/mol. The van der Waals surface area contributed by atoms with Crippen LogP contribution in [0, 0.1) is 13.8 Å². The Hall–Kier alpha value is -0.820. The number of rotatable bonds is 2. The molecule has 1 heterocycles. The molecule has 1 aliphatic heterocycles. The number of benzene rings is 1. The number of aryl methyl sites for hydroxylation is 2. The van der Waals surface area contributed by atoms with Gasteiger partial charge in [0.15, 0.2) is 0 Å². The molecule has 0 spiro atoms. The molecule has 94 valence electrons. The van der Waals surface area contributed by atoms with E-state index >= 15 is 0 Å². The first-order valence-electron chi connectivity index (χ1n) is 6.90.